The highest BCUT2D eigenvalue weighted by molar-refractivity contribution is 5.96. The number of alkyl carbamates (subject to hydrolysis) is 1. The molecule has 2 heterocycles. The summed E-state index contributed by atoms with van der Waals surface area (Å²) in [6.07, 6.45) is 6.81. The number of amides is 3. The van der Waals surface area contributed by atoms with Gasteiger partial charge in [-0.05, 0) is 52.0 Å². The van der Waals surface area contributed by atoms with Crippen molar-refractivity contribution in [1.29, 1.82) is 0 Å². The highest BCUT2D eigenvalue weighted by atomic mass is 16.6. The minimum Gasteiger partial charge on any atom is -0.479 e. The molecule has 0 aromatic heterocycles. The highest BCUT2D eigenvalue weighted by Gasteiger charge is 2.61. The van der Waals surface area contributed by atoms with E-state index in [2.05, 4.69) is 10.6 Å². The van der Waals surface area contributed by atoms with Gasteiger partial charge in [0.05, 0.1) is 12.7 Å². The Morgan fingerprint density at radius 2 is 1.90 bits per heavy atom. The summed E-state index contributed by atoms with van der Waals surface area (Å²) in [5, 5.41) is 15.5. The molecule has 0 bridgehead atoms. The molecule has 3 amide bonds. The van der Waals surface area contributed by atoms with Gasteiger partial charge in [0.15, 0.2) is 0 Å². The summed E-state index contributed by atoms with van der Waals surface area (Å²) in [5.74, 6) is -2.31. The van der Waals surface area contributed by atoms with Gasteiger partial charge < -0.3 is 30.1 Å². The van der Waals surface area contributed by atoms with Crippen LogP contribution in [0.2, 0.25) is 0 Å². The number of nitrogens with one attached hydrogen (secondary N) is 2. The van der Waals surface area contributed by atoms with E-state index in [0.29, 0.717) is 25.9 Å². The first-order valence-electron chi connectivity index (χ1n) is 14.2. The van der Waals surface area contributed by atoms with E-state index in [0.717, 1.165) is 24.8 Å². The molecule has 1 saturated carbocycles. The largest absolute Gasteiger partial charge is 0.479 e. The number of hydrogen-bond acceptors (Lipinski definition) is 6. The zero-order valence-corrected chi connectivity index (χ0v) is 23.6. The summed E-state index contributed by atoms with van der Waals surface area (Å²) in [6.45, 7) is 5.71. The van der Waals surface area contributed by atoms with Crippen LogP contribution in [0.5, 0.6) is 0 Å². The van der Waals surface area contributed by atoms with E-state index in [1.54, 1.807) is 20.8 Å². The number of allylic oxidation sites excluding steroid dienone is 1. The van der Waals surface area contributed by atoms with E-state index in [-0.39, 0.29) is 18.9 Å². The van der Waals surface area contributed by atoms with Crippen molar-refractivity contribution < 1.29 is 33.8 Å². The number of fused-ring (bicyclic) bond motifs is 2. The average Bonchev–Trinajstić information content (AvgIpc) is 3.41. The molecule has 10 nitrogen and oxygen atoms in total. The van der Waals surface area contributed by atoms with Crippen LogP contribution in [0.15, 0.2) is 42.5 Å². The van der Waals surface area contributed by atoms with Crippen molar-refractivity contribution in [1.82, 2.24) is 15.5 Å². The zero-order chi connectivity index (χ0) is 28.9. The maximum Gasteiger partial charge on any atom is 0.408 e. The molecule has 1 unspecified atom stereocenters. The van der Waals surface area contributed by atoms with Crippen LogP contribution in [0, 0.1) is 5.92 Å². The van der Waals surface area contributed by atoms with E-state index in [1.165, 1.54) is 4.90 Å². The maximum atomic E-state index is 13.9. The molecule has 1 saturated heterocycles. The maximum absolute atomic E-state index is 13.9. The summed E-state index contributed by atoms with van der Waals surface area (Å²) >= 11 is 0. The van der Waals surface area contributed by atoms with Crippen LogP contribution in [0.1, 0.15) is 71.3 Å². The lowest BCUT2D eigenvalue weighted by atomic mass is 10.0. The zero-order valence-electron chi connectivity index (χ0n) is 23.6. The Labute approximate surface area is 235 Å². The van der Waals surface area contributed by atoms with Crippen molar-refractivity contribution in [2.75, 3.05) is 6.54 Å². The lowest BCUT2D eigenvalue weighted by Crippen LogP contribution is -2.56. The summed E-state index contributed by atoms with van der Waals surface area (Å²) in [7, 11) is 0. The van der Waals surface area contributed by atoms with Crippen molar-refractivity contribution in [3.8, 4) is 0 Å². The molecule has 10 heteroatoms. The molecule has 2 fully saturated rings. The number of carbonyl (C=O) groups is 4. The number of carbonyl (C=O) groups excluding carboxylic acids is 3. The Hall–Kier alpha value is -3.40. The summed E-state index contributed by atoms with van der Waals surface area (Å²) in [4.78, 5) is 53.8. The van der Waals surface area contributed by atoms with Crippen molar-refractivity contribution in [2.24, 2.45) is 5.92 Å². The van der Waals surface area contributed by atoms with Crippen molar-refractivity contribution in [2.45, 2.75) is 102 Å². The molecule has 1 aromatic carbocycles. The number of carboxylic acids is 1. The fraction of sp³-hybridized carbons (Fsp3) is 0.600. The average molecular weight is 556 g/mol. The third-order valence-corrected chi connectivity index (χ3v) is 7.64. The SMILES string of the molecule is CC(C)(C)OC(=O)N[C@H]1CCCCCC=C[C@@H]2C[C@@]2(C(=O)O)NC(=O)C2C[C@@H](OCc3ccccc3)CN2C1=O. The van der Waals surface area contributed by atoms with Gasteiger partial charge in [-0.2, -0.15) is 0 Å². The lowest BCUT2D eigenvalue weighted by Gasteiger charge is -2.30. The van der Waals surface area contributed by atoms with Crippen LogP contribution in [0.25, 0.3) is 0 Å². The molecule has 0 radical (unpaired) electrons. The molecule has 3 N–H and O–H groups in total. The Morgan fingerprint density at radius 1 is 1.15 bits per heavy atom. The molecule has 3 aliphatic rings. The molecule has 1 aliphatic carbocycles. The topological polar surface area (TPSA) is 134 Å². The van der Waals surface area contributed by atoms with Gasteiger partial charge in [-0.1, -0.05) is 55.3 Å². The van der Waals surface area contributed by atoms with Crippen molar-refractivity contribution in [3.05, 3.63) is 48.0 Å². The fourth-order valence-corrected chi connectivity index (χ4v) is 5.42. The highest BCUT2D eigenvalue weighted by Crippen LogP contribution is 2.45. The molecule has 5 atom stereocenters. The second kappa shape index (κ2) is 12.4. The minimum absolute atomic E-state index is 0.152. The molecule has 4 rings (SSSR count). The van der Waals surface area contributed by atoms with Crippen molar-refractivity contribution >= 4 is 23.9 Å². The predicted molar refractivity (Wildman–Crippen MR) is 147 cm³/mol. The summed E-state index contributed by atoms with van der Waals surface area (Å²) < 4.78 is 11.5. The second-order valence-corrected chi connectivity index (χ2v) is 12.0. The van der Waals surface area contributed by atoms with E-state index in [4.69, 9.17) is 9.47 Å². The van der Waals surface area contributed by atoms with E-state index >= 15 is 0 Å². The first kappa shape index (κ1) is 29.6. The molecule has 0 spiro atoms. The van der Waals surface area contributed by atoms with E-state index < -0.39 is 53.2 Å². The second-order valence-electron chi connectivity index (χ2n) is 12.0. The number of hydrogen-bond donors (Lipinski definition) is 3. The molecule has 1 aromatic rings. The van der Waals surface area contributed by atoms with Gasteiger partial charge in [0.1, 0.15) is 23.2 Å². The minimum atomic E-state index is -1.38. The lowest BCUT2D eigenvalue weighted by molar-refractivity contribution is -0.145. The van der Waals surface area contributed by atoms with Gasteiger partial charge in [0, 0.05) is 18.9 Å². The van der Waals surface area contributed by atoms with Crippen LogP contribution in [-0.4, -0.2) is 69.8 Å². The third-order valence-electron chi connectivity index (χ3n) is 7.64. The van der Waals surface area contributed by atoms with Crippen LogP contribution in [-0.2, 0) is 30.5 Å². The van der Waals surface area contributed by atoms with Crippen LogP contribution in [0.4, 0.5) is 4.79 Å². The molecular formula is C30H41N3O7. The predicted octanol–water partition coefficient (Wildman–Crippen LogP) is 3.55. The monoisotopic (exact) mass is 555 g/mol. The molecular weight excluding hydrogens is 514 g/mol. The summed E-state index contributed by atoms with van der Waals surface area (Å²) in [5.41, 5.74) is -1.15. The number of carboxylic acid groups (broad SMARTS) is 1. The Kier molecular flexibility index (Phi) is 9.18. The molecule has 2 aliphatic heterocycles. The van der Waals surface area contributed by atoms with Crippen molar-refractivity contribution in [3.63, 3.8) is 0 Å². The third kappa shape index (κ3) is 7.41. The number of rotatable bonds is 5. The Morgan fingerprint density at radius 3 is 2.60 bits per heavy atom. The first-order valence-corrected chi connectivity index (χ1v) is 14.2. The summed E-state index contributed by atoms with van der Waals surface area (Å²) in [6, 6.07) is 7.78. The van der Waals surface area contributed by atoms with Crippen LogP contribution < -0.4 is 10.6 Å². The Balaban J connectivity index is 1.57. The molecule has 218 valence electrons. The van der Waals surface area contributed by atoms with Gasteiger partial charge in [0.2, 0.25) is 11.8 Å². The van der Waals surface area contributed by atoms with Gasteiger partial charge in [-0.25, -0.2) is 9.59 Å². The standard InChI is InChI=1S/C30H41N3O7/c1-29(2,3)40-28(38)31-23-15-11-6-4-5-10-14-21-17-30(21,27(36)37)32-25(34)24-16-22(18-33(24)26(23)35)39-19-20-12-8-7-9-13-20/h7-10,12-14,21-24H,4-6,11,15-19H2,1-3H3,(H,31,38)(H,32,34)(H,36,37)/t21-,22-,23+,24?,30-/m1/s1. The number of ether oxygens (including phenoxy) is 2. The smallest absolute Gasteiger partial charge is 0.408 e. The quantitative estimate of drug-likeness (QED) is 0.473. The Bertz CT molecular complexity index is 1120. The first-order chi connectivity index (χ1) is 19.0. The number of nitrogens with zero attached hydrogens (tertiary/aromatic N) is 1. The molecule has 40 heavy (non-hydrogen) atoms. The van der Waals surface area contributed by atoms with Gasteiger partial charge in [-0.15, -0.1) is 0 Å². The number of aliphatic carboxylic acids is 1. The fourth-order valence-electron chi connectivity index (χ4n) is 5.42. The van der Waals surface area contributed by atoms with E-state index in [1.807, 2.05) is 42.5 Å². The van der Waals surface area contributed by atoms with Gasteiger partial charge in [-0.3, -0.25) is 9.59 Å². The number of benzene rings is 1. The van der Waals surface area contributed by atoms with Crippen LogP contribution in [0.3, 0.4) is 0 Å². The normalized spacial score (nSPS) is 29.3. The van der Waals surface area contributed by atoms with E-state index in [9.17, 15) is 24.3 Å². The van der Waals surface area contributed by atoms with Gasteiger partial charge in [0.25, 0.3) is 0 Å². The van der Waals surface area contributed by atoms with Gasteiger partial charge >= 0.3 is 12.1 Å². The van der Waals surface area contributed by atoms with Crippen LogP contribution >= 0.6 is 0 Å².